The molecule has 2 aliphatic heterocycles. The fourth-order valence-electron chi connectivity index (χ4n) is 5.50. The normalized spacial score (nSPS) is 27.1. The van der Waals surface area contributed by atoms with Gasteiger partial charge in [-0.15, -0.1) is 0 Å². The molecule has 1 amide bonds. The number of ether oxygens (including phenoxy) is 3. The van der Waals surface area contributed by atoms with Crippen LogP contribution in [0.2, 0.25) is 0 Å². The van der Waals surface area contributed by atoms with Crippen molar-refractivity contribution in [1.29, 1.82) is 0 Å². The number of hydrogen-bond acceptors (Lipinski definition) is 11. The number of fused-ring (bicyclic) bond motifs is 1. The van der Waals surface area contributed by atoms with Crippen LogP contribution in [-0.4, -0.2) is 97.3 Å². The average molecular weight is 589 g/mol. The summed E-state index contributed by atoms with van der Waals surface area (Å²) in [5, 5.41) is 1.53. The van der Waals surface area contributed by atoms with Crippen LogP contribution < -0.4 is 17.3 Å². The molecule has 6 N–H and O–H groups in total. The third-order valence-corrected chi connectivity index (χ3v) is 8.32. The molecule has 5 atom stereocenters. The number of Topliss-reactive ketones (excluding diaryl/α,β-unsaturated/α-hetero) is 1. The monoisotopic (exact) mass is 588 g/mol. The van der Waals surface area contributed by atoms with Crippen molar-refractivity contribution in [2.75, 3.05) is 46.1 Å². The number of methoxy groups -OCH3 is 1. The molecule has 0 radical (unpaired) electrons. The molecule has 2 aliphatic rings. The number of carbonyl (C=O) groups is 3. The number of carbonyl (C=O) groups excluding carboxylic acids is 3. The van der Waals surface area contributed by atoms with Crippen molar-refractivity contribution >= 4 is 29.2 Å². The maximum absolute atomic E-state index is 13.0. The van der Waals surface area contributed by atoms with E-state index in [2.05, 4.69) is 11.8 Å². The highest BCUT2D eigenvalue weighted by Crippen LogP contribution is 2.27. The van der Waals surface area contributed by atoms with Crippen molar-refractivity contribution < 1.29 is 28.6 Å². The van der Waals surface area contributed by atoms with Crippen LogP contribution in [-0.2, 0) is 23.8 Å². The summed E-state index contributed by atoms with van der Waals surface area (Å²) in [6.45, 7) is 5.27. The van der Waals surface area contributed by atoms with E-state index in [9.17, 15) is 14.4 Å². The van der Waals surface area contributed by atoms with Crippen LogP contribution in [0.3, 0.4) is 0 Å². The number of rotatable bonds is 8. The van der Waals surface area contributed by atoms with Crippen LogP contribution in [0, 0.1) is 5.92 Å². The van der Waals surface area contributed by atoms with Gasteiger partial charge in [0, 0.05) is 50.1 Å². The van der Waals surface area contributed by atoms with Gasteiger partial charge in [-0.05, 0) is 71.7 Å². The lowest BCUT2D eigenvalue weighted by molar-refractivity contribution is -0.154. The second kappa shape index (κ2) is 15.8. The number of nitrogen functional groups attached to an aromatic ring is 1. The third-order valence-electron chi connectivity index (χ3n) is 8.32. The smallest absolute Gasteiger partial charge is 0.410 e. The first kappa shape index (κ1) is 33.2. The second-order valence-corrected chi connectivity index (χ2v) is 11.3. The lowest BCUT2D eigenvalue weighted by Crippen LogP contribution is -2.52. The maximum atomic E-state index is 13.0. The van der Waals surface area contributed by atoms with Crippen molar-refractivity contribution in [3.63, 3.8) is 0 Å². The largest absolute Gasteiger partial charge is 0.461 e. The van der Waals surface area contributed by atoms with Gasteiger partial charge in [0.2, 0.25) is 0 Å². The Balaban J connectivity index is 1.65. The number of hydrazine groups is 1. The zero-order valence-electron chi connectivity index (χ0n) is 25.4. The first-order chi connectivity index (χ1) is 20.0. The molecule has 0 aliphatic carbocycles. The topological polar surface area (TPSA) is 167 Å². The number of hydrogen-bond donors (Lipinski definition) is 3. The van der Waals surface area contributed by atoms with Gasteiger partial charge in [-0.1, -0.05) is 12.1 Å². The Morgan fingerprint density at radius 3 is 2.67 bits per heavy atom. The van der Waals surface area contributed by atoms with E-state index in [0.717, 1.165) is 24.9 Å². The number of ketones is 1. The molecule has 2 heterocycles. The fourth-order valence-corrected chi connectivity index (χ4v) is 5.50. The number of anilines is 1. The number of likely N-dealkylation sites (N-methyl/N-ethyl adjacent to an activating group) is 1. The molecule has 3 rings (SSSR count). The molecule has 1 aromatic rings. The van der Waals surface area contributed by atoms with E-state index in [1.807, 2.05) is 19.2 Å². The summed E-state index contributed by atoms with van der Waals surface area (Å²) in [6.07, 6.45) is 4.36. The van der Waals surface area contributed by atoms with E-state index in [4.69, 9.17) is 31.5 Å². The Morgan fingerprint density at radius 2 is 1.95 bits per heavy atom. The Bertz CT molecular complexity index is 1100. The molecular weight excluding hydrogens is 540 g/mol. The molecule has 0 saturated carbocycles. The Labute approximate surface area is 249 Å². The summed E-state index contributed by atoms with van der Waals surface area (Å²) in [4.78, 5) is 42.2. The van der Waals surface area contributed by atoms with Crippen LogP contribution in [0.1, 0.15) is 57.9 Å². The molecule has 1 aromatic carbocycles. The van der Waals surface area contributed by atoms with Gasteiger partial charge in [0.05, 0.1) is 17.8 Å². The fraction of sp³-hybridized carbons (Fsp3) is 0.633. The molecule has 12 heteroatoms. The highest BCUT2D eigenvalue weighted by Gasteiger charge is 2.46. The lowest BCUT2D eigenvalue weighted by Gasteiger charge is -2.35. The molecular formula is C30H48N6O6. The predicted molar refractivity (Wildman–Crippen MR) is 160 cm³/mol. The minimum Gasteiger partial charge on any atom is -0.461 e. The van der Waals surface area contributed by atoms with Crippen LogP contribution in [0.25, 0.3) is 5.70 Å². The number of cyclic esters (lactones) is 1. The number of unbranched alkanes of at least 4 members (excludes halogenated alkanes) is 1. The molecule has 42 heavy (non-hydrogen) atoms. The van der Waals surface area contributed by atoms with Crippen molar-refractivity contribution in [1.82, 2.24) is 14.8 Å². The lowest BCUT2D eigenvalue weighted by atomic mass is 9.99. The summed E-state index contributed by atoms with van der Waals surface area (Å²) >= 11 is 0. The number of nitrogens with two attached hydrogens (primary N) is 3. The minimum atomic E-state index is -0.888. The van der Waals surface area contributed by atoms with Crippen molar-refractivity contribution in [3.05, 3.63) is 36.0 Å². The van der Waals surface area contributed by atoms with Crippen LogP contribution in [0.15, 0.2) is 30.5 Å². The summed E-state index contributed by atoms with van der Waals surface area (Å²) in [5.41, 5.74) is 13.9. The zero-order chi connectivity index (χ0) is 30.8. The van der Waals surface area contributed by atoms with Gasteiger partial charge >= 0.3 is 12.1 Å². The van der Waals surface area contributed by atoms with Gasteiger partial charge in [0.25, 0.3) is 0 Å². The highest BCUT2D eigenvalue weighted by atomic mass is 16.6. The second-order valence-electron chi connectivity index (χ2n) is 11.3. The van der Waals surface area contributed by atoms with Gasteiger partial charge in [0.1, 0.15) is 18.3 Å². The van der Waals surface area contributed by atoms with Crippen LogP contribution in [0.5, 0.6) is 0 Å². The highest BCUT2D eigenvalue weighted by molar-refractivity contribution is 5.98. The van der Waals surface area contributed by atoms with E-state index < -0.39 is 24.1 Å². The molecule has 2 fully saturated rings. The van der Waals surface area contributed by atoms with E-state index in [0.29, 0.717) is 43.7 Å². The van der Waals surface area contributed by atoms with Crippen LogP contribution in [0.4, 0.5) is 10.5 Å². The summed E-state index contributed by atoms with van der Waals surface area (Å²) in [6, 6.07) is 6.86. The quantitative estimate of drug-likeness (QED) is 0.102. The van der Waals surface area contributed by atoms with Crippen molar-refractivity contribution in [2.24, 2.45) is 17.5 Å². The number of nitrogens with zero attached hydrogens (tertiary/aromatic N) is 3. The molecule has 0 spiro atoms. The Morgan fingerprint density at radius 1 is 1.19 bits per heavy atom. The van der Waals surface area contributed by atoms with Gasteiger partial charge in [-0.3, -0.25) is 14.5 Å². The minimum absolute atomic E-state index is 0.0650. The molecule has 0 bridgehead atoms. The maximum Gasteiger partial charge on any atom is 0.410 e. The number of benzene rings is 1. The van der Waals surface area contributed by atoms with Crippen molar-refractivity contribution in [2.45, 2.75) is 76.7 Å². The van der Waals surface area contributed by atoms with Crippen LogP contribution >= 0.6 is 0 Å². The predicted octanol–water partition coefficient (Wildman–Crippen LogP) is 2.33. The average Bonchev–Trinajstić information content (AvgIpc) is 3.28. The van der Waals surface area contributed by atoms with E-state index in [1.54, 1.807) is 37.3 Å². The molecule has 12 nitrogen and oxygen atoms in total. The Hall–Kier alpha value is -3.35. The van der Waals surface area contributed by atoms with E-state index in [-0.39, 0.29) is 37.0 Å². The standard InChI is InChI=1S/C30H48N6O6/c1-20-26(37)13-12-24(40-4)11-8-14-34(3)21(2)28-27(19-41-29(20)38)42-30(39)36(28)16-6-5-15-35(33)18-25(32)22-9-7-10-23(31)17-22/h7,9-10,17-18,20-21,24,27-28H,5-6,8,11-16,19,31-33H2,1-4H3/b25-18-. The summed E-state index contributed by atoms with van der Waals surface area (Å²) in [5.74, 6) is 4.49. The van der Waals surface area contributed by atoms with E-state index in [1.165, 1.54) is 5.01 Å². The van der Waals surface area contributed by atoms with Gasteiger partial charge in [-0.2, -0.15) is 0 Å². The molecule has 234 valence electrons. The first-order valence-electron chi connectivity index (χ1n) is 14.8. The van der Waals surface area contributed by atoms with Gasteiger partial charge in [-0.25, -0.2) is 10.6 Å². The molecule has 5 unspecified atom stereocenters. The first-order valence-corrected chi connectivity index (χ1v) is 14.8. The van der Waals surface area contributed by atoms with Crippen molar-refractivity contribution in [3.8, 4) is 0 Å². The number of esters is 1. The van der Waals surface area contributed by atoms with E-state index >= 15 is 0 Å². The number of amides is 1. The summed E-state index contributed by atoms with van der Waals surface area (Å²) < 4.78 is 16.8. The third kappa shape index (κ3) is 9.07. The molecule has 2 saturated heterocycles. The summed E-state index contributed by atoms with van der Waals surface area (Å²) in [7, 11) is 3.66. The Kier molecular flexibility index (Phi) is 12.4. The SMILES string of the molecule is COC1CCCN(C)C(C)C2C(COC(=O)C(C)C(=O)CC1)OC(=O)N2CCCCN(N)/C=C(\N)c1cccc(N)c1. The molecule has 0 aromatic heterocycles. The zero-order valence-corrected chi connectivity index (χ0v) is 25.4. The van der Waals surface area contributed by atoms with Gasteiger partial charge < -0.3 is 35.6 Å². The van der Waals surface area contributed by atoms with Gasteiger partial charge in [0.15, 0.2) is 6.10 Å².